The SMILES string of the molecule is c1cc(-c2c3ccccc3c(-c3cc4ccccc4c4ccccc34)c3ccccc23)cc(-c2cc3c4ccccc4c4ccccc4c3c3ccccc23)c1. The van der Waals surface area contributed by atoms with Crippen LogP contribution in [0, 0.1) is 0 Å². The summed E-state index contributed by atoms with van der Waals surface area (Å²) in [6.07, 6.45) is 0. The van der Waals surface area contributed by atoms with Crippen molar-refractivity contribution < 1.29 is 0 Å². The van der Waals surface area contributed by atoms with E-state index in [0.717, 1.165) is 0 Å². The molecule has 0 aromatic heterocycles. The molecule has 56 heavy (non-hydrogen) atoms. The van der Waals surface area contributed by atoms with Crippen LogP contribution in [-0.2, 0) is 0 Å². The molecule has 0 radical (unpaired) electrons. The van der Waals surface area contributed by atoms with Crippen molar-refractivity contribution in [2.75, 3.05) is 0 Å². The van der Waals surface area contributed by atoms with Gasteiger partial charge in [0.1, 0.15) is 0 Å². The first-order chi connectivity index (χ1) is 27.8. The highest BCUT2D eigenvalue weighted by Gasteiger charge is 2.20. The Morgan fingerprint density at radius 2 is 0.589 bits per heavy atom. The molecule has 12 aromatic rings. The van der Waals surface area contributed by atoms with Gasteiger partial charge in [0, 0.05) is 0 Å². The summed E-state index contributed by atoms with van der Waals surface area (Å²) in [5.74, 6) is 0. The average Bonchev–Trinajstić information content (AvgIpc) is 3.27. The monoisotopic (exact) mass is 706 g/mol. The molecule has 0 N–H and O–H groups in total. The van der Waals surface area contributed by atoms with Crippen LogP contribution in [0.3, 0.4) is 0 Å². The highest BCUT2D eigenvalue weighted by Crippen LogP contribution is 2.48. The van der Waals surface area contributed by atoms with Gasteiger partial charge >= 0.3 is 0 Å². The van der Waals surface area contributed by atoms with Crippen LogP contribution in [0.15, 0.2) is 206 Å². The molecule has 0 heterocycles. The molecule has 0 aliphatic heterocycles. The lowest BCUT2D eigenvalue weighted by Gasteiger charge is -2.20. The maximum absolute atomic E-state index is 2.45. The van der Waals surface area contributed by atoms with E-state index in [4.69, 9.17) is 0 Å². The average molecular weight is 707 g/mol. The summed E-state index contributed by atoms with van der Waals surface area (Å²) in [6.45, 7) is 0. The van der Waals surface area contributed by atoms with Crippen molar-refractivity contribution in [2.45, 2.75) is 0 Å². The van der Waals surface area contributed by atoms with E-state index in [0.29, 0.717) is 0 Å². The number of hydrogen-bond donors (Lipinski definition) is 0. The summed E-state index contributed by atoms with van der Waals surface area (Å²) in [6, 6.07) is 76.6. The van der Waals surface area contributed by atoms with Gasteiger partial charge in [0.05, 0.1) is 0 Å². The minimum atomic E-state index is 1.22. The molecular weight excluding hydrogens is 673 g/mol. The van der Waals surface area contributed by atoms with Crippen LogP contribution in [0.2, 0.25) is 0 Å². The van der Waals surface area contributed by atoms with E-state index < -0.39 is 0 Å². The zero-order valence-corrected chi connectivity index (χ0v) is 30.6. The van der Waals surface area contributed by atoms with Gasteiger partial charge in [-0.1, -0.05) is 188 Å². The molecule has 0 unspecified atom stereocenters. The molecule has 0 aliphatic rings. The Kier molecular flexibility index (Phi) is 6.73. The molecule has 0 fully saturated rings. The maximum Gasteiger partial charge on any atom is -0.00199 e. The quantitative estimate of drug-likeness (QED) is 0.127. The van der Waals surface area contributed by atoms with Gasteiger partial charge in [-0.25, -0.2) is 0 Å². The molecule has 0 spiro atoms. The third-order valence-corrected chi connectivity index (χ3v) is 12.2. The second-order valence-electron chi connectivity index (χ2n) is 15.1. The van der Waals surface area contributed by atoms with E-state index in [1.807, 2.05) is 0 Å². The van der Waals surface area contributed by atoms with Gasteiger partial charge in [0.25, 0.3) is 0 Å². The van der Waals surface area contributed by atoms with Crippen molar-refractivity contribution in [1.82, 2.24) is 0 Å². The second kappa shape index (κ2) is 12.1. The first-order valence-electron chi connectivity index (χ1n) is 19.5. The molecule has 0 saturated carbocycles. The third-order valence-electron chi connectivity index (χ3n) is 12.2. The Labute approximate surface area is 324 Å². The Hall–Kier alpha value is -7.28. The molecule has 0 saturated heterocycles. The normalized spacial score (nSPS) is 11.9. The van der Waals surface area contributed by atoms with Gasteiger partial charge in [-0.05, 0) is 138 Å². The van der Waals surface area contributed by atoms with Crippen LogP contribution in [0.25, 0.3) is 120 Å². The Balaban J connectivity index is 1.15. The largest absolute Gasteiger partial charge is 0.0616 e. The molecule has 12 rings (SSSR count). The summed E-state index contributed by atoms with van der Waals surface area (Å²) in [4.78, 5) is 0. The summed E-state index contributed by atoms with van der Waals surface area (Å²) in [5.41, 5.74) is 7.52. The Morgan fingerprint density at radius 3 is 1.20 bits per heavy atom. The fourth-order valence-corrected chi connectivity index (χ4v) is 9.84. The van der Waals surface area contributed by atoms with Crippen molar-refractivity contribution in [1.29, 1.82) is 0 Å². The first-order valence-corrected chi connectivity index (χ1v) is 19.5. The summed E-state index contributed by atoms with van der Waals surface area (Å²) in [5, 5.41) is 20.5. The van der Waals surface area contributed by atoms with Crippen LogP contribution in [0.5, 0.6) is 0 Å². The first kappa shape index (κ1) is 31.1. The van der Waals surface area contributed by atoms with E-state index in [1.54, 1.807) is 0 Å². The van der Waals surface area contributed by atoms with Gasteiger partial charge in [-0.3, -0.25) is 0 Å². The van der Waals surface area contributed by atoms with E-state index in [-0.39, 0.29) is 0 Å². The van der Waals surface area contributed by atoms with Gasteiger partial charge < -0.3 is 0 Å². The fraction of sp³-hybridized carbons (Fsp3) is 0. The topological polar surface area (TPSA) is 0 Å². The molecule has 0 heteroatoms. The van der Waals surface area contributed by atoms with E-state index in [1.165, 1.54) is 120 Å². The number of benzene rings is 12. The summed E-state index contributed by atoms with van der Waals surface area (Å²) >= 11 is 0. The molecule has 12 aromatic carbocycles. The molecular formula is C56H34. The van der Waals surface area contributed by atoms with Gasteiger partial charge in [0.2, 0.25) is 0 Å². The van der Waals surface area contributed by atoms with Gasteiger partial charge in [-0.15, -0.1) is 0 Å². The minimum absolute atomic E-state index is 1.22. The molecule has 0 amide bonds. The van der Waals surface area contributed by atoms with Crippen LogP contribution in [0.1, 0.15) is 0 Å². The van der Waals surface area contributed by atoms with E-state index >= 15 is 0 Å². The lowest BCUT2D eigenvalue weighted by atomic mass is 9.83. The zero-order valence-electron chi connectivity index (χ0n) is 30.6. The number of hydrogen-bond acceptors (Lipinski definition) is 0. The standard InChI is InChI=1S/C56H34/c1-2-19-38-36(16-1)33-52(42-23-5-3-20-39(38)42)56-49-30-13-11-28-47(49)54(48-29-12-14-31-50(48)56)37-18-15-17-35(32-37)51-34-53-43-24-6-4-21-40(43)41-22-7-9-26-45(41)55(53)46-27-10-8-25-44(46)51/h1-34H. The van der Waals surface area contributed by atoms with E-state index in [2.05, 4.69) is 206 Å². The number of fused-ring (bicyclic) bond motifs is 13. The molecule has 0 atom stereocenters. The lowest BCUT2D eigenvalue weighted by Crippen LogP contribution is -1.93. The van der Waals surface area contributed by atoms with Gasteiger partial charge in [0.15, 0.2) is 0 Å². The Morgan fingerprint density at radius 1 is 0.196 bits per heavy atom. The van der Waals surface area contributed by atoms with Crippen molar-refractivity contribution in [3.8, 4) is 33.4 Å². The van der Waals surface area contributed by atoms with Crippen LogP contribution >= 0.6 is 0 Å². The third kappa shape index (κ3) is 4.48. The number of rotatable bonds is 3. The maximum atomic E-state index is 2.45. The predicted molar refractivity (Wildman–Crippen MR) is 243 cm³/mol. The van der Waals surface area contributed by atoms with Gasteiger partial charge in [-0.2, -0.15) is 0 Å². The molecule has 258 valence electrons. The summed E-state index contributed by atoms with van der Waals surface area (Å²) < 4.78 is 0. The second-order valence-corrected chi connectivity index (χ2v) is 15.1. The van der Waals surface area contributed by atoms with Crippen molar-refractivity contribution in [3.63, 3.8) is 0 Å². The molecule has 0 bridgehead atoms. The van der Waals surface area contributed by atoms with Crippen LogP contribution < -0.4 is 0 Å². The van der Waals surface area contributed by atoms with Crippen molar-refractivity contribution in [2.24, 2.45) is 0 Å². The lowest BCUT2D eigenvalue weighted by molar-refractivity contribution is 1.64. The van der Waals surface area contributed by atoms with E-state index in [9.17, 15) is 0 Å². The smallest absolute Gasteiger partial charge is 0.00199 e. The highest BCUT2D eigenvalue weighted by atomic mass is 14.2. The predicted octanol–water partition coefficient (Wildman–Crippen LogP) is 15.9. The minimum Gasteiger partial charge on any atom is -0.0616 e. The van der Waals surface area contributed by atoms with Crippen LogP contribution in [-0.4, -0.2) is 0 Å². The highest BCUT2D eigenvalue weighted by molar-refractivity contribution is 6.33. The van der Waals surface area contributed by atoms with Crippen molar-refractivity contribution in [3.05, 3.63) is 206 Å². The molecule has 0 nitrogen and oxygen atoms in total. The molecule has 0 aliphatic carbocycles. The summed E-state index contributed by atoms with van der Waals surface area (Å²) in [7, 11) is 0. The zero-order chi connectivity index (χ0) is 36.7. The Bertz CT molecular complexity index is 3530. The van der Waals surface area contributed by atoms with Crippen molar-refractivity contribution >= 4 is 86.2 Å². The van der Waals surface area contributed by atoms with Crippen LogP contribution in [0.4, 0.5) is 0 Å². The fourth-order valence-electron chi connectivity index (χ4n) is 9.84.